The van der Waals surface area contributed by atoms with Crippen LogP contribution in [0.25, 0.3) is 0 Å². The van der Waals surface area contributed by atoms with Crippen molar-refractivity contribution in [1.29, 1.82) is 0 Å². The lowest BCUT2D eigenvalue weighted by atomic mass is 9.48. The molecule has 25 heavy (non-hydrogen) atoms. The Morgan fingerprint density at radius 1 is 1.20 bits per heavy atom. The van der Waals surface area contributed by atoms with Gasteiger partial charge in [-0.05, 0) is 68.1 Å². The lowest BCUT2D eigenvalue weighted by molar-refractivity contribution is -0.148. The smallest absolute Gasteiger partial charge is 0.302 e. The minimum absolute atomic E-state index is 0.0711. The zero-order valence-electron chi connectivity index (χ0n) is 15.8. The highest BCUT2D eigenvalue weighted by Crippen LogP contribution is 2.64. The molecule has 6 atom stereocenters. The Hall–Kier alpha value is -1.32. The van der Waals surface area contributed by atoms with Crippen molar-refractivity contribution in [3.8, 4) is 0 Å². The van der Waals surface area contributed by atoms with Gasteiger partial charge in [0.25, 0.3) is 0 Å². The van der Waals surface area contributed by atoms with Gasteiger partial charge in [-0.3, -0.25) is 4.79 Å². The molecule has 138 valence electrons. The van der Waals surface area contributed by atoms with E-state index in [9.17, 15) is 10.0 Å². The van der Waals surface area contributed by atoms with Gasteiger partial charge in [0, 0.05) is 18.8 Å². The second kappa shape index (κ2) is 5.85. The van der Waals surface area contributed by atoms with E-state index in [0.717, 1.165) is 50.2 Å². The predicted molar refractivity (Wildman–Crippen MR) is 96.5 cm³/mol. The van der Waals surface area contributed by atoms with Crippen LogP contribution in [-0.2, 0) is 9.53 Å². The first-order valence-electron chi connectivity index (χ1n) is 9.96. The summed E-state index contributed by atoms with van der Waals surface area (Å²) in [6.07, 6.45) is 11.2. The van der Waals surface area contributed by atoms with E-state index in [2.05, 4.69) is 25.1 Å². The van der Waals surface area contributed by atoms with Gasteiger partial charge in [0.1, 0.15) is 6.10 Å². The molecule has 0 aromatic heterocycles. The maximum absolute atomic E-state index is 11.3. The SMILES string of the molecule is CC(=O)O[C@H]1CC[C@]2(C)C(=CC[C@H]3[C@H]4CCC(=NO)[C@]4(C)CC[C@H]32)C1. The lowest BCUT2D eigenvalue weighted by Crippen LogP contribution is -2.50. The van der Waals surface area contributed by atoms with E-state index in [0.29, 0.717) is 11.8 Å². The maximum atomic E-state index is 11.3. The Kier molecular flexibility index (Phi) is 4.01. The average Bonchev–Trinajstić information content (AvgIpc) is 2.91. The largest absolute Gasteiger partial charge is 0.462 e. The molecule has 0 bridgehead atoms. The topological polar surface area (TPSA) is 58.9 Å². The Labute approximate surface area is 150 Å². The van der Waals surface area contributed by atoms with Gasteiger partial charge < -0.3 is 9.94 Å². The van der Waals surface area contributed by atoms with E-state index in [1.54, 1.807) is 0 Å². The average molecular weight is 345 g/mol. The molecular weight excluding hydrogens is 314 g/mol. The third-order valence-electron chi connectivity index (χ3n) is 8.25. The summed E-state index contributed by atoms with van der Waals surface area (Å²) in [4.78, 5) is 11.3. The number of esters is 1. The fourth-order valence-corrected chi connectivity index (χ4v) is 6.92. The normalized spacial score (nSPS) is 47.5. The second-order valence-corrected chi connectivity index (χ2v) is 9.28. The van der Waals surface area contributed by atoms with Crippen LogP contribution in [0.1, 0.15) is 72.1 Å². The van der Waals surface area contributed by atoms with E-state index >= 15 is 0 Å². The molecule has 4 heteroatoms. The Balaban J connectivity index is 1.60. The monoisotopic (exact) mass is 345 g/mol. The van der Waals surface area contributed by atoms with E-state index in [1.807, 2.05) is 0 Å². The summed E-state index contributed by atoms with van der Waals surface area (Å²) in [5.41, 5.74) is 2.94. The van der Waals surface area contributed by atoms with Crippen LogP contribution in [0, 0.1) is 28.6 Å². The highest BCUT2D eigenvalue weighted by atomic mass is 16.5. The minimum atomic E-state index is -0.155. The number of oxime groups is 1. The van der Waals surface area contributed by atoms with Crippen LogP contribution < -0.4 is 0 Å². The van der Waals surface area contributed by atoms with Gasteiger partial charge in [-0.25, -0.2) is 0 Å². The summed E-state index contributed by atoms with van der Waals surface area (Å²) in [6, 6.07) is 0. The molecule has 1 N–H and O–H groups in total. The second-order valence-electron chi connectivity index (χ2n) is 9.28. The van der Waals surface area contributed by atoms with Crippen molar-refractivity contribution in [3.05, 3.63) is 11.6 Å². The van der Waals surface area contributed by atoms with Crippen molar-refractivity contribution >= 4 is 11.7 Å². The molecule has 4 aliphatic carbocycles. The number of hydrogen-bond donors (Lipinski definition) is 1. The Morgan fingerprint density at radius 3 is 2.64 bits per heavy atom. The fraction of sp³-hybridized carbons (Fsp3) is 0.810. The molecule has 4 rings (SSSR count). The number of carbonyl (C=O) groups excluding carboxylic acids is 1. The van der Waals surface area contributed by atoms with Crippen molar-refractivity contribution in [3.63, 3.8) is 0 Å². The first-order valence-corrected chi connectivity index (χ1v) is 9.96. The first-order chi connectivity index (χ1) is 11.9. The standard InChI is InChI=1S/C21H31NO3/c1-13(23)25-15-8-10-20(2)14(12-15)4-5-16-17-6-7-19(22-24)21(17,3)11-9-18(16)20/h4,15-18,24H,5-12H2,1-3H3/t15-,16-,17+,18+,20+,21+/m0/s1. The zero-order chi connectivity index (χ0) is 17.8. The highest BCUT2D eigenvalue weighted by molar-refractivity contribution is 5.92. The number of carbonyl (C=O) groups is 1. The number of hydrogen-bond acceptors (Lipinski definition) is 4. The van der Waals surface area contributed by atoms with Crippen molar-refractivity contribution in [2.24, 2.45) is 33.7 Å². The zero-order valence-corrected chi connectivity index (χ0v) is 15.8. The van der Waals surface area contributed by atoms with Gasteiger partial charge in [0.2, 0.25) is 0 Å². The third kappa shape index (κ3) is 2.47. The van der Waals surface area contributed by atoms with E-state index in [-0.39, 0.29) is 22.9 Å². The summed E-state index contributed by atoms with van der Waals surface area (Å²) in [5, 5.41) is 13.1. The number of ether oxygens (including phenoxy) is 1. The van der Waals surface area contributed by atoms with Gasteiger partial charge in [-0.15, -0.1) is 0 Å². The highest BCUT2D eigenvalue weighted by Gasteiger charge is 2.58. The van der Waals surface area contributed by atoms with Gasteiger partial charge in [0.05, 0.1) is 5.71 Å². The molecule has 0 saturated heterocycles. The van der Waals surface area contributed by atoms with Gasteiger partial charge in [0.15, 0.2) is 0 Å². The fourth-order valence-electron chi connectivity index (χ4n) is 6.92. The summed E-state index contributed by atoms with van der Waals surface area (Å²) in [5.74, 6) is 1.93. The molecule has 0 aromatic rings. The predicted octanol–water partition coefficient (Wildman–Crippen LogP) is 4.71. The molecule has 4 nitrogen and oxygen atoms in total. The van der Waals surface area contributed by atoms with Crippen LogP contribution in [0.2, 0.25) is 0 Å². The van der Waals surface area contributed by atoms with Gasteiger partial charge >= 0.3 is 5.97 Å². The van der Waals surface area contributed by atoms with E-state index in [4.69, 9.17) is 4.74 Å². The summed E-state index contributed by atoms with van der Waals surface area (Å²) < 4.78 is 5.51. The number of rotatable bonds is 1. The molecule has 0 amide bonds. The molecule has 0 aromatic carbocycles. The molecule has 3 fully saturated rings. The molecule has 0 spiro atoms. The maximum Gasteiger partial charge on any atom is 0.302 e. The number of fused-ring (bicyclic) bond motifs is 5. The van der Waals surface area contributed by atoms with E-state index in [1.165, 1.54) is 25.3 Å². The van der Waals surface area contributed by atoms with Crippen LogP contribution in [0.15, 0.2) is 16.8 Å². The van der Waals surface area contributed by atoms with Crippen molar-refractivity contribution in [2.75, 3.05) is 0 Å². The molecule has 0 unspecified atom stereocenters. The van der Waals surface area contributed by atoms with Gasteiger partial charge in [-0.2, -0.15) is 0 Å². The van der Waals surface area contributed by atoms with Crippen LogP contribution >= 0.6 is 0 Å². The van der Waals surface area contributed by atoms with Crippen molar-refractivity contribution in [2.45, 2.75) is 78.2 Å². The summed E-state index contributed by atoms with van der Waals surface area (Å²) in [7, 11) is 0. The van der Waals surface area contributed by atoms with Crippen molar-refractivity contribution in [1.82, 2.24) is 0 Å². The van der Waals surface area contributed by atoms with Gasteiger partial charge in [-0.1, -0.05) is 30.7 Å². The van der Waals surface area contributed by atoms with Crippen LogP contribution in [0.4, 0.5) is 0 Å². The molecule has 0 aliphatic heterocycles. The Morgan fingerprint density at radius 2 is 1.92 bits per heavy atom. The van der Waals surface area contributed by atoms with E-state index < -0.39 is 0 Å². The van der Waals surface area contributed by atoms with Crippen LogP contribution in [0.5, 0.6) is 0 Å². The molecular formula is C21H31NO3. The molecule has 0 heterocycles. The summed E-state index contributed by atoms with van der Waals surface area (Å²) in [6.45, 7) is 6.30. The molecule has 3 saturated carbocycles. The van der Waals surface area contributed by atoms with Crippen LogP contribution in [0.3, 0.4) is 0 Å². The molecule has 4 aliphatic rings. The minimum Gasteiger partial charge on any atom is -0.462 e. The first kappa shape index (κ1) is 17.1. The quantitative estimate of drug-likeness (QED) is 0.324. The Bertz CT molecular complexity index is 639. The molecule has 0 radical (unpaired) electrons. The number of nitrogens with zero attached hydrogens (tertiary/aromatic N) is 1. The third-order valence-corrected chi connectivity index (χ3v) is 8.25. The summed E-state index contributed by atoms with van der Waals surface area (Å²) >= 11 is 0. The van der Waals surface area contributed by atoms with Crippen molar-refractivity contribution < 1.29 is 14.7 Å². The van der Waals surface area contributed by atoms with Crippen LogP contribution in [-0.4, -0.2) is 23.0 Å². The number of allylic oxidation sites excluding steroid dienone is 1. The lowest BCUT2D eigenvalue weighted by Gasteiger charge is -2.57.